The van der Waals surface area contributed by atoms with Crippen LogP contribution in [0.4, 0.5) is 23.4 Å². The maximum Gasteiger partial charge on any atom is 0.416 e. The number of carbonyl (C=O) groups is 2. The van der Waals surface area contributed by atoms with Crippen molar-refractivity contribution in [3.05, 3.63) is 112 Å². The minimum absolute atomic E-state index is 0.0767. The molecule has 4 aromatic rings. The van der Waals surface area contributed by atoms with E-state index in [2.05, 4.69) is 5.32 Å². The molecule has 5 rings (SSSR count). The summed E-state index contributed by atoms with van der Waals surface area (Å²) in [4.78, 5) is 27.1. The third-order valence-corrected chi connectivity index (χ3v) is 6.47. The van der Waals surface area contributed by atoms with Gasteiger partial charge < -0.3 is 9.88 Å². The standard InChI is InChI=1S/C29H22F4N2O2/c30-22-13-9-19(10-14-22)26-23(17-24(36)18-5-2-1-3-6-18)25(28-34-15-4-16-35(26)28)27(37)20-7-11-21(12-8-20)29(31,32)33/h1-3,5-14,34H,4,15-17H2. The van der Waals surface area contributed by atoms with E-state index in [1.54, 1.807) is 42.5 Å². The summed E-state index contributed by atoms with van der Waals surface area (Å²) in [5, 5.41) is 3.25. The summed E-state index contributed by atoms with van der Waals surface area (Å²) in [6.45, 7) is 1.15. The van der Waals surface area contributed by atoms with Crippen LogP contribution in [0.2, 0.25) is 0 Å². The molecule has 0 saturated carbocycles. The molecule has 1 aliphatic heterocycles. The number of halogens is 4. The van der Waals surface area contributed by atoms with Crippen molar-refractivity contribution in [3.63, 3.8) is 0 Å². The van der Waals surface area contributed by atoms with Crippen LogP contribution in [0.3, 0.4) is 0 Å². The number of hydrogen-bond donors (Lipinski definition) is 1. The first-order chi connectivity index (χ1) is 17.7. The minimum atomic E-state index is -4.53. The number of fused-ring (bicyclic) bond motifs is 1. The van der Waals surface area contributed by atoms with E-state index < -0.39 is 23.3 Å². The van der Waals surface area contributed by atoms with Gasteiger partial charge in [-0.25, -0.2) is 4.39 Å². The second-order valence-electron chi connectivity index (χ2n) is 8.86. The number of benzene rings is 3. The molecule has 8 heteroatoms. The summed E-state index contributed by atoms with van der Waals surface area (Å²) < 4.78 is 54.9. The van der Waals surface area contributed by atoms with E-state index in [1.807, 2.05) is 4.57 Å². The number of carbonyl (C=O) groups excluding carboxylic acids is 2. The molecule has 1 N–H and O–H groups in total. The lowest BCUT2D eigenvalue weighted by molar-refractivity contribution is -0.137. The number of nitrogens with zero attached hydrogens (tertiary/aromatic N) is 1. The van der Waals surface area contributed by atoms with Crippen LogP contribution in [0, 0.1) is 5.82 Å². The van der Waals surface area contributed by atoms with Crippen molar-refractivity contribution < 1.29 is 27.2 Å². The second-order valence-corrected chi connectivity index (χ2v) is 8.86. The van der Waals surface area contributed by atoms with Crippen molar-refractivity contribution in [3.8, 4) is 11.3 Å². The van der Waals surface area contributed by atoms with Gasteiger partial charge in [0.1, 0.15) is 11.6 Å². The average Bonchev–Trinajstić information content (AvgIpc) is 3.22. The van der Waals surface area contributed by atoms with E-state index in [1.165, 1.54) is 12.1 Å². The van der Waals surface area contributed by atoms with Crippen molar-refractivity contribution in [1.29, 1.82) is 0 Å². The molecule has 1 aliphatic rings. The Morgan fingerprint density at radius 2 is 1.54 bits per heavy atom. The predicted octanol–water partition coefficient (Wildman–Crippen LogP) is 6.79. The highest BCUT2D eigenvalue weighted by atomic mass is 19.4. The van der Waals surface area contributed by atoms with Gasteiger partial charge in [0.15, 0.2) is 11.6 Å². The number of nitrogens with one attached hydrogen (secondary N) is 1. The fraction of sp³-hybridized carbons (Fsp3) is 0.172. The van der Waals surface area contributed by atoms with Gasteiger partial charge in [-0.1, -0.05) is 42.5 Å². The number of hydrogen-bond acceptors (Lipinski definition) is 3. The number of rotatable bonds is 6. The van der Waals surface area contributed by atoms with E-state index in [4.69, 9.17) is 0 Å². The van der Waals surface area contributed by atoms with Crippen LogP contribution in [0.1, 0.15) is 43.8 Å². The first kappa shape index (κ1) is 24.5. The lowest BCUT2D eigenvalue weighted by Gasteiger charge is -2.20. The zero-order valence-corrected chi connectivity index (χ0v) is 19.6. The number of anilines is 1. The van der Waals surface area contributed by atoms with E-state index >= 15 is 0 Å². The highest BCUT2D eigenvalue weighted by Gasteiger charge is 2.33. The van der Waals surface area contributed by atoms with Crippen molar-refractivity contribution >= 4 is 17.4 Å². The Labute approximate surface area is 210 Å². The third kappa shape index (κ3) is 4.79. The maximum absolute atomic E-state index is 13.8. The largest absolute Gasteiger partial charge is 0.416 e. The van der Waals surface area contributed by atoms with Gasteiger partial charge >= 0.3 is 6.18 Å². The molecule has 0 radical (unpaired) electrons. The molecule has 0 atom stereocenters. The molecule has 4 nitrogen and oxygen atoms in total. The van der Waals surface area contributed by atoms with Gasteiger partial charge in [-0.3, -0.25) is 9.59 Å². The summed E-state index contributed by atoms with van der Waals surface area (Å²) >= 11 is 0. The van der Waals surface area contributed by atoms with Gasteiger partial charge in [0.05, 0.1) is 16.8 Å². The molecule has 0 bridgehead atoms. The molecule has 1 aromatic heterocycles. The van der Waals surface area contributed by atoms with Gasteiger partial charge in [0, 0.05) is 30.6 Å². The SMILES string of the molecule is O=C(Cc1c(C(=O)c2ccc(C(F)(F)F)cc2)c2n(c1-c1ccc(F)cc1)CCCN2)c1ccccc1. The summed E-state index contributed by atoms with van der Waals surface area (Å²) in [5.41, 5.74) is 1.63. The zero-order valence-electron chi connectivity index (χ0n) is 19.6. The van der Waals surface area contributed by atoms with Gasteiger partial charge in [0.2, 0.25) is 0 Å². The fourth-order valence-electron chi connectivity index (χ4n) is 4.72. The molecule has 37 heavy (non-hydrogen) atoms. The van der Waals surface area contributed by atoms with E-state index in [0.717, 1.165) is 30.7 Å². The summed E-state index contributed by atoms with van der Waals surface area (Å²) in [5.74, 6) is -0.619. The lowest BCUT2D eigenvalue weighted by Crippen LogP contribution is -2.19. The van der Waals surface area contributed by atoms with Crippen LogP contribution in [0.25, 0.3) is 11.3 Å². The number of ketones is 2. The minimum Gasteiger partial charge on any atom is -0.371 e. The van der Waals surface area contributed by atoms with E-state index in [0.29, 0.717) is 41.3 Å². The van der Waals surface area contributed by atoms with E-state index in [-0.39, 0.29) is 23.3 Å². The van der Waals surface area contributed by atoms with Crippen molar-refractivity contribution in [2.75, 3.05) is 11.9 Å². The van der Waals surface area contributed by atoms with Crippen LogP contribution in [-0.2, 0) is 19.1 Å². The summed E-state index contributed by atoms with van der Waals surface area (Å²) in [6, 6.07) is 18.5. The third-order valence-electron chi connectivity index (χ3n) is 6.47. The molecular weight excluding hydrogens is 484 g/mol. The number of aromatic nitrogens is 1. The Kier molecular flexibility index (Phi) is 6.41. The quantitative estimate of drug-likeness (QED) is 0.232. The first-order valence-corrected chi connectivity index (χ1v) is 11.8. The molecule has 0 spiro atoms. The summed E-state index contributed by atoms with van der Waals surface area (Å²) in [7, 11) is 0. The highest BCUT2D eigenvalue weighted by Crippen LogP contribution is 2.39. The average molecular weight is 506 g/mol. The summed E-state index contributed by atoms with van der Waals surface area (Å²) in [6.07, 6.45) is -3.88. The molecule has 0 saturated heterocycles. The lowest BCUT2D eigenvalue weighted by atomic mass is 9.93. The van der Waals surface area contributed by atoms with Gasteiger partial charge in [-0.15, -0.1) is 0 Å². The van der Waals surface area contributed by atoms with E-state index in [9.17, 15) is 27.2 Å². The van der Waals surface area contributed by atoms with Crippen LogP contribution in [0.5, 0.6) is 0 Å². The zero-order chi connectivity index (χ0) is 26.2. The number of alkyl halides is 3. The van der Waals surface area contributed by atoms with Crippen molar-refractivity contribution in [2.24, 2.45) is 0 Å². The Bertz CT molecular complexity index is 1460. The predicted molar refractivity (Wildman–Crippen MR) is 132 cm³/mol. The smallest absolute Gasteiger partial charge is 0.371 e. The Balaban J connectivity index is 1.68. The van der Waals surface area contributed by atoms with Gasteiger partial charge in [-0.2, -0.15) is 13.2 Å². The normalized spacial score (nSPS) is 13.1. The van der Waals surface area contributed by atoms with Crippen LogP contribution >= 0.6 is 0 Å². The molecule has 0 fully saturated rings. The van der Waals surface area contributed by atoms with Crippen LogP contribution < -0.4 is 5.32 Å². The Hall–Kier alpha value is -4.20. The molecule has 0 amide bonds. The molecule has 2 heterocycles. The number of Topliss-reactive ketones (excluding diaryl/α,β-unsaturated/α-hetero) is 1. The Morgan fingerprint density at radius 1 is 0.865 bits per heavy atom. The van der Waals surface area contributed by atoms with Crippen LogP contribution in [0.15, 0.2) is 78.9 Å². The molecule has 188 valence electrons. The maximum atomic E-state index is 13.8. The van der Waals surface area contributed by atoms with Gasteiger partial charge in [0.25, 0.3) is 0 Å². The molecular formula is C29H22F4N2O2. The molecule has 0 aliphatic carbocycles. The molecule has 3 aromatic carbocycles. The first-order valence-electron chi connectivity index (χ1n) is 11.8. The highest BCUT2D eigenvalue weighted by molar-refractivity contribution is 6.15. The van der Waals surface area contributed by atoms with Gasteiger partial charge in [-0.05, 0) is 53.9 Å². The molecule has 0 unspecified atom stereocenters. The fourth-order valence-corrected chi connectivity index (χ4v) is 4.72. The topological polar surface area (TPSA) is 51.1 Å². The van der Waals surface area contributed by atoms with Crippen LogP contribution in [-0.4, -0.2) is 22.7 Å². The second kappa shape index (κ2) is 9.69. The Morgan fingerprint density at radius 3 is 2.19 bits per heavy atom. The monoisotopic (exact) mass is 506 g/mol. The van der Waals surface area contributed by atoms with Crippen molar-refractivity contribution in [1.82, 2.24) is 4.57 Å². The van der Waals surface area contributed by atoms with Crippen molar-refractivity contribution in [2.45, 2.75) is 25.6 Å².